The monoisotopic (exact) mass is 350 g/mol. The van der Waals surface area contributed by atoms with Crippen molar-refractivity contribution in [1.82, 2.24) is 14.5 Å². The molecule has 6 nitrogen and oxygen atoms in total. The predicted octanol–water partition coefficient (Wildman–Crippen LogP) is 2.32. The number of fused-ring (bicyclic) bond motifs is 1. The van der Waals surface area contributed by atoms with Crippen LogP contribution in [0.2, 0.25) is 0 Å². The number of nitrogen functional groups attached to an aromatic ring is 1. The van der Waals surface area contributed by atoms with Crippen molar-refractivity contribution in [3.05, 3.63) is 65.5 Å². The molecule has 0 radical (unpaired) electrons. The molecule has 134 valence electrons. The molecule has 0 aliphatic heterocycles. The number of aliphatic hydroxyl groups is 1. The molecule has 3 N–H and O–H groups in total. The Balaban J connectivity index is 1.72. The van der Waals surface area contributed by atoms with Crippen LogP contribution in [0.5, 0.6) is 0 Å². The van der Waals surface area contributed by atoms with Gasteiger partial charge >= 0.3 is 0 Å². The molecule has 3 aromatic rings. The average molecular weight is 350 g/mol. The van der Waals surface area contributed by atoms with Crippen LogP contribution in [-0.2, 0) is 25.0 Å². The number of carbonyl (C=O) groups excluding carboxylic acids is 1. The van der Waals surface area contributed by atoms with Gasteiger partial charge < -0.3 is 20.3 Å². The third-order valence-electron chi connectivity index (χ3n) is 4.44. The molecule has 0 saturated carbocycles. The number of aliphatic hydroxyl groups excluding tert-OH is 1. The van der Waals surface area contributed by atoms with Gasteiger partial charge in [0, 0.05) is 43.1 Å². The van der Waals surface area contributed by atoms with Crippen molar-refractivity contribution in [2.24, 2.45) is 7.05 Å². The van der Waals surface area contributed by atoms with E-state index in [9.17, 15) is 9.90 Å². The molecule has 1 amide bonds. The van der Waals surface area contributed by atoms with E-state index in [4.69, 9.17) is 5.73 Å². The zero-order chi connectivity index (χ0) is 18.7. The van der Waals surface area contributed by atoms with Crippen LogP contribution in [0, 0.1) is 0 Å². The summed E-state index contributed by atoms with van der Waals surface area (Å²) >= 11 is 0. The Morgan fingerprint density at radius 2 is 2.12 bits per heavy atom. The molecule has 26 heavy (non-hydrogen) atoms. The standard InChI is InChI=1S/C20H22N4O2/c1-23(12-17-10-15-5-3-4-6-18(15)24(17)2)19(26)8-7-14-9-16(13-25)20(21)22-11-14/h3-11,25H,12-13H2,1-2H3,(H2,21,22)/b8-7+. The van der Waals surface area contributed by atoms with E-state index < -0.39 is 0 Å². The van der Waals surface area contributed by atoms with Gasteiger partial charge in [-0.15, -0.1) is 0 Å². The van der Waals surface area contributed by atoms with E-state index in [0.29, 0.717) is 17.9 Å². The SMILES string of the molecule is CN(Cc1cc2ccccc2n1C)C(=O)/C=C/c1cnc(N)c(CO)c1. The summed E-state index contributed by atoms with van der Waals surface area (Å²) in [6, 6.07) is 12.0. The summed E-state index contributed by atoms with van der Waals surface area (Å²) in [4.78, 5) is 18.1. The third-order valence-corrected chi connectivity index (χ3v) is 4.44. The molecule has 3 rings (SSSR count). The highest BCUT2D eigenvalue weighted by molar-refractivity contribution is 5.91. The molecule has 0 spiro atoms. The number of amides is 1. The molecule has 0 saturated heterocycles. The number of hydrogen-bond acceptors (Lipinski definition) is 4. The van der Waals surface area contributed by atoms with Gasteiger partial charge in [0.2, 0.25) is 5.91 Å². The van der Waals surface area contributed by atoms with Crippen LogP contribution in [0.25, 0.3) is 17.0 Å². The van der Waals surface area contributed by atoms with Crippen LogP contribution in [0.4, 0.5) is 5.82 Å². The lowest BCUT2D eigenvalue weighted by Crippen LogP contribution is -2.25. The summed E-state index contributed by atoms with van der Waals surface area (Å²) in [6.45, 7) is 0.325. The number of hydrogen-bond donors (Lipinski definition) is 2. The minimum Gasteiger partial charge on any atom is -0.392 e. The van der Waals surface area contributed by atoms with E-state index in [1.54, 1.807) is 30.3 Å². The Labute approximate surface area is 152 Å². The van der Waals surface area contributed by atoms with Gasteiger partial charge in [-0.3, -0.25) is 4.79 Å². The molecule has 0 atom stereocenters. The summed E-state index contributed by atoms with van der Waals surface area (Å²) in [7, 11) is 3.77. The number of likely N-dealkylation sites (N-methyl/N-ethyl adjacent to an activating group) is 1. The second kappa shape index (κ2) is 7.41. The quantitative estimate of drug-likeness (QED) is 0.692. The molecule has 0 unspecified atom stereocenters. The summed E-state index contributed by atoms with van der Waals surface area (Å²) in [6.07, 6.45) is 4.74. The van der Waals surface area contributed by atoms with E-state index in [-0.39, 0.29) is 12.5 Å². The van der Waals surface area contributed by atoms with Crippen LogP contribution in [0.15, 0.2) is 48.7 Å². The molecular weight excluding hydrogens is 328 g/mol. The van der Waals surface area contributed by atoms with Gasteiger partial charge in [-0.05, 0) is 35.2 Å². The fourth-order valence-electron chi connectivity index (χ4n) is 2.87. The second-order valence-electron chi connectivity index (χ2n) is 6.25. The number of nitrogens with two attached hydrogens (primary N) is 1. The number of aromatic nitrogens is 2. The molecule has 0 aliphatic carbocycles. The van der Waals surface area contributed by atoms with Gasteiger partial charge in [0.1, 0.15) is 5.82 Å². The molecule has 6 heteroatoms. The first-order chi connectivity index (χ1) is 12.5. The number of aryl methyl sites for hydroxylation is 1. The maximum absolute atomic E-state index is 12.4. The van der Waals surface area contributed by atoms with Crippen LogP contribution in [0.1, 0.15) is 16.8 Å². The van der Waals surface area contributed by atoms with Gasteiger partial charge in [-0.1, -0.05) is 18.2 Å². The molecular formula is C20H22N4O2. The van der Waals surface area contributed by atoms with Crippen molar-refractivity contribution >= 4 is 28.7 Å². The molecule has 0 fully saturated rings. The number of pyridine rings is 1. The van der Waals surface area contributed by atoms with Crippen LogP contribution >= 0.6 is 0 Å². The number of nitrogens with zero attached hydrogens (tertiary/aromatic N) is 3. The number of carbonyl (C=O) groups is 1. The summed E-state index contributed by atoms with van der Waals surface area (Å²) in [5.74, 6) is 0.182. The molecule has 0 bridgehead atoms. The maximum Gasteiger partial charge on any atom is 0.246 e. The Morgan fingerprint density at radius 3 is 2.85 bits per heavy atom. The maximum atomic E-state index is 12.4. The zero-order valence-corrected chi connectivity index (χ0v) is 14.9. The first kappa shape index (κ1) is 17.7. The molecule has 2 heterocycles. The summed E-state index contributed by atoms with van der Waals surface area (Å²) < 4.78 is 2.10. The first-order valence-corrected chi connectivity index (χ1v) is 8.31. The molecule has 1 aromatic carbocycles. The van der Waals surface area contributed by atoms with Crippen molar-refractivity contribution in [3.63, 3.8) is 0 Å². The van der Waals surface area contributed by atoms with Gasteiger partial charge in [-0.2, -0.15) is 0 Å². The fraction of sp³-hybridized carbons (Fsp3) is 0.200. The number of benzene rings is 1. The van der Waals surface area contributed by atoms with E-state index in [0.717, 1.165) is 22.2 Å². The zero-order valence-electron chi connectivity index (χ0n) is 14.9. The van der Waals surface area contributed by atoms with Crippen LogP contribution in [-0.4, -0.2) is 32.5 Å². The van der Waals surface area contributed by atoms with E-state index >= 15 is 0 Å². The lowest BCUT2D eigenvalue weighted by Gasteiger charge is -2.15. The van der Waals surface area contributed by atoms with E-state index in [2.05, 4.69) is 27.8 Å². The van der Waals surface area contributed by atoms with Crippen molar-refractivity contribution in [2.45, 2.75) is 13.2 Å². The normalized spacial score (nSPS) is 11.3. The summed E-state index contributed by atoms with van der Waals surface area (Å²) in [5, 5.41) is 10.4. The number of para-hydroxylation sites is 1. The number of anilines is 1. The van der Waals surface area contributed by atoms with Gasteiger partial charge in [0.05, 0.1) is 13.2 Å². The van der Waals surface area contributed by atoms with Gasteiger partial charge in [-0.25, -0.2) is 4.98 Å². The topological polar surface area (TPSA) is 84.4 Å². The summed E-state index contributed by atoms with van der Waals surface area (Å²) in [5.41, 5.74) is 9.13. The highest BCUT2D eigenvalue weighted by Gasteiger charge is 2.11. The Bertz CT molecular complexity index is 975. The van der Waals surface area contributed by atoms with E-state index in [1.807, 2.05) is 19.2 Å². The van der Waals surface area contributed by atoms with Gasteiger partial charge in [0.25, 0.3) is 0 Å². The highest BCUT2D eigenvalue weighted by Crippen LogP contribution is 2.19. The van der Waals surface area contributed by atoms with Crippen molar-refractivity contribution in [1.29, 1.82) is 0 Å². The minimum absolute atomic E-state index is 0.113. The van der Waals surface area contributed by atoms with Crippen molar-refractivity contribution in [2.75, 3.05) is 12.8 Å². The predicted molar refractivity (Wildman–Crippen MR) is 103 cm³/mol. The largest absolute Gasteiger partial charge is 0.392 e. The Kier molecular flexibility index (Phi) is 5.04. The lowest BCUT2D eigenvalue weighted by molar-refractivity contribution is -0.125. The Hall–Kier alpha value is -3.12. The fourth-order valence-corrected chi connectivity index (χ4v) is 2.87. The Morgan fingerprint density at radius 1 is 1.35 bits per heavy atom. The minimum atomic E-state index is -0.185. The van der Waals surface area contributed by atoms with Crippen molar-refractivity contribution in [3.8, 4) is 0 Å². The first-order valence-electron chi connectivity index (χ1n) is 8.31. The smallest absolute Gasteiger partial charge is 0.246 e. The van der Waals surface area contributed by atoms with Crippen LogP contribution in [0.3, 0.4) is 0 Å². The highest BCUT2D eigenvalue weighted by atomic mass is 16.3. The third kappa shape index (κ3) is 3.60. The average Bonchev–Trinajstić information content (AvgIpc) is 2.96. The van der Waals surface area contributed by atoms with Crippen LogP contribution < -0.4 is 5.73 Å². The molecule has 2 aromatic heterocycles. The second-order valence-corrected chi connectivity index (χ2v) is 6.25. The van der Waals surface area contributed by atoms with Gasteiger partial charge in [0.15, 0.2) is 0 Å². The lowest BCUT2D eigenvalue weighted by atomic mass is 10.2. The van der Waals surface area contributed by atoms with E-state index in [1.165, 1.54) is 6.08 Å². The number of rotatable bonds is 5. The van der Waals surface area contributed by atoms with Crippen molar-refractivity contribution < 1.29 is 9.90 Å². The molecule has 0 aliphatic rings.